The Morgan fingerprint density at radius 2 is 1.58 bits per heavy atom. The fourth-order valence-electron chi connectivity index (χ4n) is 2.89. The van der Waals surface area contributed by atoms with E-state index in [4.69, 9.17) is 4.74 Å². The molecule has 0 aliphatic carbocycles. The molecule has 0 aromatic heterocycles. The molecule has 1 unspecified atom stereocenters. The summed E-state index contributed by atoms with van der Waals surface area (Å²) in [6, 6.07) is 9.13. The van der Waals surface area contributed by atoms with Crippen molar-refractivity contribution in [3.8, 4) is 5.75 Å². The maximum absolute atomic E-state index is 5.81. The fraction of sp³-hybridized carbons (Fsp3) is 0.727. The number of unbranched alkanes of at least 4 members (excludes halogenated alkanes) is 5. The Kier molecular flexibility index (Phi) is 11.6. The summed E-state index contributed by atoms with van der Waals surface area (Å²) in [5, 5.41) is 3.71. The van der Waals surface area contributed by atoms with Gasteiger partial charge in [-0.25, -0.2) is 0 Å². The molecule has 0 heterocycles. The highest BCUT2D eigenvalue weighted by molar-refractivity contribution is 5.29. The van der Waals surface area contributed by atoms with Crippen LogP contribution in [0.1, 0.15) is 90.7 Å². The largest absolute Gasteiger partial charge is 0.494 e. The third-order valence-electron chi connectivity index (χ3n) is 4.58. The molecule has 1 aromatic rings. The number of benzene rings is 1. The van der Waals surface area contributed by atoms with Gasteiger partial charge in [0.1, 0.15) is 5.75 Å². The Labute approximate surface area is 150 Å². The predicted octanol–water partition coefficient (Wildman–Crippen LogP) is 6.51. The monoisotopic (exact) mass is 333 g/mol. The van der Waals surface area contributed by atoms with E-state index in [1.807, 2.05) is 0 Å². The standard InChI is InChI=1S/C22H39NO/c1-5-7-8-9-10-11-17-23-22(6-2)20-12-14-21(15-13-20)24-18-16-19(3)4/h12-15,19,22-23H,5-11,16-18H2,1-4H3. The summed E-state index contributed by atoms with van der Waals surface area (Å²) >= 11 is 0. The Morgan fingerprint density at radius 1 is 0.917 bits per heavy atom. The molecular weight excluding hydrogens is 294 g/mol. The van der Waals surface area contributed by atoms with Crippen LogP contribution in [0.25, 0.3) is 0 Å². The summed E-state index contributed by atoms with van der Waals surface area (Å²) in [6.07, 6.45) is 10.4. The molecule has 0 aliphatic rings. The van der Waals surface area contributed by atoms with Gasteiger partial charge in [0.25, 0.3) is 0 Å². The second kappa shape index (κ2) is 13.3. The second-order valence-electron chi connectivity index (χ2n) is 7.28. The van der Waals surface area contributed by atoms with Gasteiger partial charge < -0.3 is 10.1 Å². The van der Waals surface area contributed by atoms with Gasteiger partial charge in [-0.3, -0.25) is 0 Å². The van der Waals surface area contributed by atoms with Crippen molar-refractivity contribution in [2.45, 2.75) is 85.1 Å². The first kappa shape index (κ1) is 21.0. The van der Waals surface area contributed by atoms with E-state index in [0.29, 0.717) is 12.0 Å². The Hall–Kier alpha value is -1.02. The van der Waals surface area contributed by atoms with Crippen LogP contribution in [-0.2, 0) is 0 Å². The molecule has 0 radical (unpaired) electrons. The smallest absolute Gasteiger partial charge is 0.119 e. The van der Waals surface area contributed by atoms with E-state index in [1.165, 1.54) is 44.1 Å². The van der Waals surface area contributed by atoms with Gasteiger partial charge >= 0.3 is 0 Å². The number of nitrogens with one attached hydrogen (secondary N) is 1. The molecule has 1 rings (SSSR count). The Balaban J connectivity index is 2.29. The topological polar surface area (TPSA) is 21.3 Å². The molecule has 0 saturated heterocycles. The first-order valence-corrected chi connectivity index (χ1v) is 10.1. The molecule has 0 fully saturated rings. The third-order valence-corrected chi connectivity index (χ3v) is 4.58. The number of hydrogen-bond acceptors (Lipinski definition) is 2. The van der Waals surface area contributed by atoms with Crippen molar-refractivity contribution in [3.05, 3.63) is 29.8 Å². The van der Waals surface area contributed by atoms with Crippen LogP contribution < -0.4 is 10.1 Å². The number of ether oxygens (including phenoxy) is 1. The molecule has 138 valence electrons. The fourth-order valence-corrected chi connectivity index (χ4v) is 2.89. The normalized spacial score (nSPS) is 12.5. The van der Waals surface area contributed by atoms with Gasteiger partial charge in [-0.05, 0) is 49.4 Å². The van der Waals surface area contributed by atoms with Crippen LogP contribution in [0.3, 0.4) is 0 Å². The summed E-state index contributed by atoms with van der Waals surface area (Å²) in [7, 11) is 0. The summed E-state index contributed by atoms with van der Waals surface area (Å²) in [4.78, 5) is 0. The lowest BCUT2D eigenvalue weighted by Crippen LogP contribution is -2.21. The highest BCUT2D eigenvalue weighted by Gasteiger charge is 2.08. The van der Waals surface area contributed by atoms with E-state index in [-0.39, 0.29) is 0 Å². The molecule has 1 atom stereocenters. The second-order valence-corrected chi connectivity index (χ2v) is 7.28. The minimum atomic E-state index is 0.463. The van der Waals surface area contributed by atoms with Crippen molar-refractivity contribution in [3.63, 3.8) is 0 Å². The molecule has 2 heteroatoms. The molecular formula is C22H39NO. The molecule has 0 bridgehead atoms. The lowest BCUT2D eigenvalue weighted by Gasteiger charge is -2.18. The average molecular weight is 334 g/mol. The number of hydrogen-bond donors (Lipinski definition) is 1. The van der Waals surface area contributed by atoms with Gasteiger partial charge in [0.05, 0.1) is 6.61 Å². The van der Waals surface area contributed by atoms with E-state index >= 15 is 0 Å². The van der Waals surface area contributed by atoms with Crippen molar-refractivity contribution >= 4 is 0 Å². The van der Waals surface area contributed by atoms with Gasteiger partial charge in [0.2, 0.25) is 0 Å². The van der Waals surface area contributed by atoms with E-state index in [1.54, 1.807) is 0 Å². The molecule has 0 amide bonds. The van der Waals surface area contributed by atoms with E-state index in [0.717, 1.165) is 31.7 Å². The van der Waals surface area contributed by atoms with Gasteiger partial charge in [0, 0.05) is 6.04 Å². The van der Waals surface area contributed by atoms with E-state index < -0.39 is 0 Å². The summed E-state index contributed by atoms with van der Waals surface area (Å²) in [5.74, 6) is 1.69. The van der Waals surface area contributed by atoms with Crippen LogP contribution in [-0.4, -0.2) is 13.2 Å². The van der Waals surface area contributed by atoms with Gasteiger partial charge in [-0.1, -0.05) is 71.9 Å². The summed E-state index contributed by atoms with van der Waals surface area (Å²) in [5.41, 5.74) is 1.37. The van der Waals surface area contributed by atoms with Crippen molar-refractivity contribution < 1.29 is 4.74 Å². The highest BCUT2D eigenvalue weighted by Crippen LogP contribution is 2.21. The Bertz CT molecular complexity index is 399. The van der Waals surface area contributed by atoms with Crippen LogP contribution >= 0.6 is 0 Å². The molecule has 0 saturated carbocycles. The molecule has 0 spiro atoms. The summed E-state index contributed by atoms with van der Waals surface area (Å²) < 4.78 is 5.81. The number of rotatable bonds is 14. The zero-order valence-electron chi connectivity index (χ0n) is 16.4. The first-order chi connectivity index (χ1) is 11.7. The molecule has 2 nitrogen and oxygen atoms in total. The predicted molar refractivity (Wildman–Crippen MR) is 106 cm³/mol. The lowest BCUT2D eigenvalue weighted by atomic mass is 10.0. The molecule has 1 N–H and O–H groups in total. The minimum absolute atomic E-state index is 0.463. The zero-order valence-corrected chi connectivity index (χ0v) is 16.4. The van der Waals surface area contributed by atoms with Crippen LogP contribution in [0.5, 0.6) is 5.75 Å². The van der Waals surface area contributed by atoms with Crippen LogP contribution in [0, 0.1) is 5.92 Å². The van der Waals surface area contributed by atoms with Crippen molar-refractivity contribution in [2.75, 3.05) is 13.2 Å². The van der Waals surface area contributed by atoms with E-state index in [2.05, 4.69) is 57.3 Å². The summed E-state index contributed by atoms with van der Waals surface area (Å²) in [6.45, 7) is 10.9. The zero-order chi connectivity index (χ0) is 17.6. The van der Waals surface area contributed by atoms with Crippen LogP contribution in [0.15, 0.2) is 24.3 Å². The maximum Gasteiger partial charge on any atom is 0.119 e. The van der Waals surface area contributed by atoms with Crippen molar-refractivity contribution in [1.82, 2.24) is 5.32 Å². The minimum Gasteiger partial charge on any atom is -0.494 e. The van der Waals surface area contributed by atoms with E-state index in [9.17, 15) is 0 Å². The van der Waals surface area contributed by atoms with Crippen molar-refractivity contribution in [2.24, 2.45) is 5.92 Å². The van der Waals surface area contributed by atoms with Crippen molar-refractivity contribution in [1.29, 1.82) is 0 Å². The quantitative estimate of drug-likeness (QED) is 0.392. The van der Waals surface area contributed by atoms with Gasteiger partial charge in [-0.15, -0.1) is 0 Å². The van der Waals surface area contributed by atoms with Crippen LogP contribution in [0.4, 0.5) is 0 Å². The third kappa shape index (κ3) is 9.32. The molecule has 1 aromatic carbocycles. The first-order valence-electron chi connectivity index (χ1n) is 10.1. The molecule has 0 aliphatic heterocycles. The van der Waals surface area contributed by atoms with Gasteiger partial charge in [0.15, 0.2) is 0 Å². The lowest BCUT2D eigenvalue weighted by molar-refractivity contribution is 0.289. The van der Waals surface area contributed by atoms with Gasteiger partial charge in [-0.2, -0.15) is 0 Å². The highest BCUT2D eigenvalue weighted by atomic mass is 16.5. The average Bonchev–Trinajstić information content (AvgIpc) is 2.58. The molecule has 24 heavy (non-hydrogen) atoms. The SMILES string of the molecule is CCCCCCCCNC(CC)c1ccc(OCCC(C)C)cc1. The Morgan fingerprint density at radius 3 is 2.21 bits per heavy atom. The maximum atomic E-state index is 5.81. The van der Waals surface area contributed by atoms with Crippen LogP contribution in [0.2, 0.25) is 0 Å².